The van der Waals surface area contributed by atoms with Gasteiger partial charge in [-0.15, -0.1) is 0 Å². The van der Waals surface area contributed by atoms with E-state index in [2.05, 4.69) is 5.16 Å². The minimum atomic E-state index is -0.530. The molecule has 0 aliphatic rings. The van der Waals surface area contributed by atoms with Gasteiger partial charge >= 0.3 is 0 Å². The van der Waals surface area contributed by atoms with Gasteiger partial charge in [-0.05, 0) is 23.8 Å². The smallest absolute Gasteiger partial charge is 0.230 e. The number of anilines is 1. The average molecular weight is 323 g/mol. The topological polar surface area (TPSA) is 52.0 Å². The van der Waals surface area contributed by atoms with E-state index in [1.807, 2.05) is 0 Å². The minimum absolute atomic E-state index is 0.0268. The Kier molecular flexibility index (Phi) is 3.57. The Bertz CT molecular complexity index is 800. The molecule has 21 heavy (non-hydrogen) atoms. The van der Waals surface area contributed by atoms with Gasteiger partial charge in [-0.2, -0.15) is 0 Å². The van der Waals surface area contributed by atoms with Crippen LogP contribution in [0, 0.1) is 5.82 Å². The summed E-state index contributed by atoms with van der Waals surface area (Å²) in [5, 5.41) is 4.47. The summed E-state index contributed by atoms with van der Waals surface area (Å²) in [6.45, 7) is 0. The lowest BCUT2D eigenvalue weighted by Crippen LogP contribution is -1.89. The van der Waals surface area contributed by atoms with Gasteiger partial charge in [0.1, 0.15) is 11.5 Å². The highest BCUT2D eigenvalue weighted by Crippen LogP contribution is 2.39. The molecule has 0 unspecified atom stereocenters. The molecule has 3 aromatic rings. The van der Waals surface area contributed by atoms with E-state index >= 15 is 0 Å². The van der Waals surface area contributed by atoms with Gasteiger partial charge in [0.05, 0.1) is 10.6 Å². The lowest BCUT2D eigenvalue weighted by atomic mass is 10.0. The Morgan fingerprint density at radius 1 is 1.05 bits per heavy atom. The van der Waals surface area contributed by atoms with Crippen molar-refractivity contribution in [2.24, 2.45) is 0 Å². The van der Waals surface area contributed by atoms with Crippen molar-refractivity contribution in [1.82, 2.24) is 5.16 Å². The predicted molar refractivity (Wildman–Crippen MR) is 81.8 cm³/mol. The van der Waals surface area contributed by atoms with E-state index in [0.717, 1.165) is 5.56 Å². The SMILES string of the molecule is Nc1onc(-c2cccc(F)c2Cl)c1-c1ccc(Cl)cc1. The lowest BCUT2D eigenvalue weighted by molar-refractivity contribution is 0.439. The number of hydrogen-bond acceptors (Lipinski definition) is 3. The number of benzene rings is 2. The molecule has 3 nitrogen and oxygen atoms in total. The van der Waals surface area contributed by atoms with Crippen molar-refractivity contribution in [2.45, 2.75) is 0 Å². The maximum Gasteiger partial charge on any atom is 0.230 e. The highest BCUT2D eigenvalue weighted by atomic mass is 35.5. The van der Waals surface area contributed by atoms with Gasteiger partial charge in [0.25, 0.3) is 0 Å². The van der Waals surface area contributed by atoms with Gasteiger partial charge in [0.15, 0.2) is 0 Å². The number of rotatable bonds is 2. The number of nitrogens with two attached hydrogens (primary N) is 1. The Balaban J connectivity index is 2.22. The Hall–Kier alpha value is -2.04. The molecule has 0 fully saturated rings. The third kappa shape index (κ3) is 2.48. The molecule has 0 radical (unpaired) electrons. The van der Waals surface area contributed by atoms with Crippen molar-refractivity contribution in [2.75, 3.05) is 5.73 Å². The first-order valence-electron chi connectivity index (χ1n) is 6.03. The largest absolute Gasteiger partial charge is 0.367 e. The molecule has 0 spiro atoms. The number of nitrogens with zero attached hydrogens (tertiary/aromatic N) is 1. The van der Waals surface area contributed by atoms with Crippen molar-refractivity contribution < 1.29 is 8.91 Å². The average Bonchev–Trinajstić information content (AvgIpc) is 2.85. The van der Waals surface area contributed by atoms with Crippen LogP contribution in [0.4, 0.5) is 10.3 Å². The molecular weight excluding hydrogens is 314 g/mol. The standard InChI is InChI=1S/C15H9Cl2FN2O/c16-9-6-4-8(5-7-9)12-14(20-21-15(12)19)10-2-1-3-11(18)13(10)17/h1-7H,19H2. The maximum absolute atomic E-state index is 13.6. The fraction of sp³-hybridized carbons (Fsp3) is 0. The highest BCUT2D eigenvalue weighted by Gasteiger charge is 2.20. The summed E-state index contributed by atoms with van der Waals surface area (Å²) in [5.41, 5.74) is 7.96. The zero-order chi connectivity index (χ0) is 15.0. The number of hydrogen-bond donors (Lipinski definition) is 1. The molecule has 0 saturated carbocycles. The summed E-state index contributed by atoms with van der Waals surface area (Å²) in [5.74, 6) is -0.398. The molecule has 3 rings (SSSR count). The molecular formula is C15H9Cl2FN2O. The van der Waals surface area contributed by atoms with Crippen LogP contribution < -0.4 is 5.73 Å². The molecule has 0 amide bonds. The molecule has 0 atom stereocenters. The van der Waals surface area contributed by atoms with Gasteiger partial charge in [-0.25, -0.2) is 4.39 Å². The van der Waals surface area contributed by atoms with E-state index in [9.17, 15) is 4.39 Å². The molecule has 2 aromatic carbocycles. The molecule has 0 aliphatic carbocycles. The van der Waals surface area contributed by atoms with E-state index in [1.54, 1.807) is 36.4 Å². The monoisotopic (exact) mass is 322 g/mol. The molecule has 1 aromatic heterocycles. The van der Waals surface area contributed by atoms with Gasteiger partial charge in [0, 0.05) is 10.6 Å². The maximum atomic E-state index is 13.6. The van der Waals surface area contributed by atoms with Crippen molar-refractivity contribution >= 4 is 29.1 Å². The van der Waals surface area contributed by atoms with Crippen LogP contribution in [0.3, 0.4) is 0 Å². The summed E-state index contributed by atoms with van der Waals surface area (Å²) in [7, 11) is 0. The van der Waals surface area contributed by atoms with Gasteiger partial charge in [-0.3, -0.25) is 0 Å². The quantitative estimate of drug-likeness (QED) is 0.719. The minimum Gasteiger partial charge on any atom is -0.367 e. The van der Waals surface area contributed by atoms with Gasteiger partial charge in [-0.1, -0.05) is 52.6 Å². The second kappa shape index (κ2) is 5.39. The third-order valence-electron chi connectivity index (χ3n) is 3.06. The molecule has 106 valence electrons. The molecule has 2 N–H and O–H groups in total. The van der Waals surface area contributed by atoms with Crippen molar-refractivity contribution in [1.29, 1.82) is 0 Å². The van der Waals surface area contributed by atoms with E-state index in [0.29, 0.717) is 21.8 Å². The second-order valence-corrected chi connectivity index (χ2v) is 5.19. The van der Waals surface area contributed by atoms with Crippen LogP contribution in [0.25, 0.3) is 22.4 Å². The molecule has 0 aliphatic heterocycles. The Morgan fingerprint density at radius 2 is 1.76 bits per heavy atom. The third-order valence-corrected chi connectivity index (χ3v) is 3.69. The summed E-state index contributed by atoms with van der Waals surface area (Å²) in [4.78, 5) is 0. The van der Waals surface area contributed by atoms with Gasteiger partial charge < -0.3 is 10.3 Å². The number of halogens is 3. The Morgan fingerprint density at radius 3 is 2.48 bits per heavy atom. The summed E-state index contributed by atoms with van der Waals surface area (Å²) >= 11 is 11.9. The normalized spacial score (nSPS) is 10.8. The molecule has 0 bridgehead atoms. The molecule has 1 heterocycles. The first-order valence-corrected chi connectivity index (χ1v) is 6.79. The van der Waals surface area contributed by atoms with E-state index < -0.39 is 5.82 Å². The van der Waals surface area contributed by atoms with Crippen LogP contribution in [-0.2, 0) is 0 Å². The van der Waals surface area contributed by atoms with Crippen molar-refractivity contribution in [3.63, 3.8) is 0 Å². The number of nitrogen functional groups attached to an aromatic ring is 1. The second-order valence-electron chi connectivity index (χ2n) is 4.38. The van der Waals surface area contributed by atoms with Crippen molar-refractivity contribution in [3.8, 4) is 22.4 Å². The zero-order valence-corrected chi connectivity index (χ0v) is 12.1. The molecule has 0 saturated heterocycles. The van der Waals surface area contributed by atoms with Crippen LogP contribution in [0.5, 0.6) is 0 Å². The van der Waals surface area contributed by atoms with E-state index in [4.69, 9.17) is 33.5 Å². The Labute approximate surface area is 130 Å². The molecule has 6 heteroatoms. The zero-order valence-electron chi connectivity index (χ0n) is 10.6. The summed E-state index contributed by atoms with van der Waals surface area (Å²) in [6.07, 6.45) is 0. The highest BCUT2D eigenvalue weighted by molar-refractivity contribution is 6.33. The fourth-order valence-electron chi connectivity index (χ4n) is 2.07. The van der Waals surface area contributed by atoms with Crippen LogP contribution in [0.15, 0.2) is 47.0 Å². The first kappa shape index (κ1) is 13.9. The number of aromatic nitrogens is 1. The summed E-state index contributed by atoms with van der Waals surface area (Å²) in [6, 6.07) is 11.5. The predicted octanol–water partition coefficient (Wildman–Crippen LogP) is 5.04. The van der Waals surface area contributed by atoms with Crippen LogP contribution in [0.1, 0.15) is 0 Å². The van der Waals surface area contributed by atoms with Crippen molar-refractivity contribution in [3.05, 3.63) is 58.3 Å². The summed E-state index contributed by atoms with van der Waals surface area (Å²) < 4.78 is 18.7. The van der Waals surface area contributed by atoms with Crippen LogP contribution >= 0.6 is 23.2 Å². The van der Waals surface area contributed by atoms with Crippen LogP contribution in [-0.4, -0.2) is 5.16 Å². The van der Waals surface area contributed by atoms with Crippen LogP contribution in [0.2, 0.25) is 10.0 Å². The van der Waals surface area contributed by atoms with Gasteiger partial charge in [0.2, 0.25) is 5.88 Å². The lowest BCUT2D eigenvalue weighted by Gasteiger charge is -2.05. The van der Waals surface area contributed by atoms with E-state index in [-0.39, 0.29) is 10.9 Å². The first-order chi connectivity index (χ1) is 10.1. The fourth-order valence-corrected chi connectivity index (χ4v) is 2.41. The van der Waals surface area contributed by atoms with E-state index in [1.165, 1.54) is 6.07 Å².